The van der Waals surface area contributed by atoms with Crippen LogP contribution in [-0.4, -0.2) is 56.2 Å². The Kier molecular flexibility index (Phi) is 6.76. The molecule has 0 bridgehead atoms. The highest BCUT2D eigenvalue weighted by Gasteiger charge is 2.25. The number of carbonyl (C=O) groups excluding carboxylic acids is 1. The normalized spacial score (nSPS) is 14.4. The molecule has 1 amide bonds. The summed E-state index contributed by atoms with van der Waals surface area (Å²) in [5.74, 6) is 0.181. The molecule has 0 N–H and O–H groups in total. The van der Waals surface area contributed by atoms with E-state index < -0.39 is 0 Å². The summed E-state index contributed by atoms with van der Waals surface area (Å²) in [6.07, 6.45) is 2.10. The molecule has 0 saturated carbocycles. The molecule has 1 fully saturated rings. The van der Waals surface area contributed by atoms with Gasteiger partial charge in [-0.15, -0.1) is 0 Å². The van der Waals surface area contributed by atoms with E-state index in [1.165, 1.54) is 11.6 Å². The van der Waals surface area contributed by atoms with Crippen molar-refractivity contribution < 1.29 is 9.72 Å². The van der Waals surface area contributed by atoms with Gasteiger partial charge in [0.1, 0.15) is 5.65 Å². The van der Waals surface area contributed by atoms with E-state index in [1.807, 2.05) is 30.9 Å². The zero-order chi connectivity index (χ0) is 26.1. The molecule has 0 unspecified atom stereocenters. The van der Waals surface area contributed by atoms with Crippen molar-refractivity contribution in [2.45, 2.75) is 27.3 Å². The number of aryl methyl sites for hydroxylation is 1. The van der Waals surface area contributed by atoms with Gasteiger partial charge >= 0.3 is 0 Å². The van der Waals surface area contributed by atoms with Crippen LogP contribution in [0.25, 0.3) is 28.0 Å². The zero-order valence-corrected chi connectivity index (χ0v) is 21.4. The Morgan fingerprint density at radius 2 is 1.70 bits per heavy atom. The summed E-state index contributed by atoms with van der Waals surface area (Å²) in [7, 11) is 0. The number of piperazine rings is 1. The molecule has 0 atom stereocenters. The predicted octanol–water partition coefficient (Wildman–Crippen LogP) is 5.19. The fourth-order valence-corrected chi connectivity index (χ4v) is 4.94. The number of imidazole rings is 1. The number of fused-ring (bicyclic) bond motifs is 1. The summed E-state index contributed by atoms with van der Waals surface area (Å²) < 4.78 is 2.11. The number of amides is 1. The van der Waals surface area contributed by atoms with Crippen molar-refractivity contribution in [1.82, 2.24) is 19.2 Å². The third-order valence-corrected chi connectivity index (χ3v) is 6.95. The summed E-state index contributed by atoms with van der Waals surface area (Å²) in [6.45, 7) is 9.47. The van der Waals surface area contributed by atoms with E-state index in [0.717, 1.165) is 46.8 Å². The SMILES string of the molecule is Cc1cccc(-c2ccc3nc(-c4cccc([N+](=O)[O-])c4)c(CN4CCN(C(=O)C(C)C)CC4)n3c2)c1. The fraction of sp³-hybridized carbons (Fsp3) is 0.310. The summed E-state index contributed by atoms with van der Waals surface area (Å²) >= 11 is 0. The number of pyridine rings is 1. The molecule has 190 valence electrons. The second-order valence-corrected chi connectivity index (χ2v) is 9.99. The van der Waals surface area contributed by atoms with Crippen molar-refractivity contribution in [2.75, 3.05) is 26.2 Å². The minimum absolute atomic E-state index is 0.00848. The maximum absolute atomic E-state index is 12.5. The van der Waals surface area contributed by atoms with Crippen molar-refractivity contribution in [3.8, 4) is 22.4 Å². The van der Waals surface area contributed by atoms with Gasteiger partial charge in [0.15, 0.2) is 0 Å². The van der Waals surface area contributed by atoms with Crippen molar-refractivity contribution in [3.05, 3.63) is 88.2 Å². The van der Waals surface area contributed by atoms with E-state index >= 15 is 0 Å². The van der Waals surface area contributed by atoms with Crippen molar-refractivity contribution in [1.29, 1.82) is 0 Å². The second kappa shape index (κ2) is 10.1. The lowest BCUT2D eigenvalue weighted by molar-refractivity contribution is -0.384. The molecule has 1 aliphatic rings. The Hall–Kier alpha value is -4.04. The highest BCUT2D eigenvalue weighted by atomic mass is 16.6. The van der Waals surface area contributed by atoms with Crippen LogP contribution >= 0.6 is 0 Å². The minimum atomic E-state index is -0.375. The first-order chi connectivity index (χ1) is 17.8. The third-order valence-electron chi connectivity index (χ3n) is 6.95. The maximum atomic E-state index is 12.5. The van der Waals surface area contributed by atoms with Crippen LogP contribution in [0.2, 0.25) is 0 Å². The number of nitro groups is 1. The van der Waals surface area contributed by atoms with E-state index in [9.17, 15) is 14.9 Å². The van der Waals surface area contributed by atoms with Crippen LogP contribution in [0.4, 0.5) is 5.69 Å². The summed E-state index contributed by atoms with van der Waals surface area (Å²) in [5, 5.41) is 11.5. The van der Waals surface area contributed by atoms with Crippen LogP contribution < -0.4 is 0 Å². The highest BCUT2D eigenvalue weighted by Crippen LogP contribution is 2.30. The number of nitro benzene ring substituents is 1. The van der Waals surface area contributed by atoms with Crippen LogP contribution in [0.5, 0.6) is 0 Å². The first kappa shape index (κ1) is 24.6. The van der Waals surface area contributed by atoms with Crippen molar-refractivity contribution >= 4 is 17.2 Å². The molecule has 4 aromatic rings. The number of rotatable bonds is 6. The summed E-state index contributed by atoms with van der Waals surface area (Å²) in [6, 6.07) is 19.1. The van der Waals surface area contributed by atoms with Crippen LogP contribution in [0, 0.1) is 23.0 Å². The number of aromatic nitrogens is 2. The van der Waals surface area contributed by atoms with Crippen molar-refractivity contribution in [2.24, 2.45) is 5.92 Å². The molecule has 0 radical (unpaired) electrons. The monoisotopic (exact) mass is 497 g/mol. The van der Waals surface area contributed by atoms with Gasteiger partial charge in [0.2, 0.25) is 5.91 Å². The molecule has 2 aromatic heterocycles. The predicted molar refractivity (Wildman–Crippen MR) is 144 cm³/mol. The molecule has 0 aliphatic carbocycles. The Balaban J connectivity index is 1.55. The lowest BCUT2D eigenvalue weighted by atomic mass is 10.1. The first-order valence-electron chi connectivity index (χ1n) is 12.6. The van der Waals surface area contributed by atoms with E-state index in [0.29, 0.717) is 19.6 Å². The van der Waals surface area contributed by atoms with E-state index in [1.54, 1.807) is 12.1 Å². The molecule has 8 heteroatoms. The summed E-state index contributed by atoms with van der Waals surface area (Å²) in [5.41, 5.74) is 6.67. The Morgan fingerprint density at radius 3 is 2.41 bits per heavy atom. The minimum Gasteiger partial charge on any atom is -0.340 e. The van der Waals surface area contributed by atoms with Gasteiger partial charge in [-0.25, -0.2) is 4.98 Å². The standard InChI is InChI=1S/C29H31N5O3/c1-20(2)29(35)32-14-12-31(13-15-32)19-26-28(23-8-5-9-25(17-23)34(36)37)30-27-11-10-24(18-33(26)27)22-7-4-6-21(3)16-22/h4-11,16-18,20H,12-15,19H2,1-3H3. The molecule has 0 spiro atoms. The molecule has 1 saturated heterocycles. The Bertz CT molecular complexity index is 1470. The Labute approximate surface area is 216 Å². The van der Waals surface area contributed by atoms with Crippen LogP contribution in [0.1, 0.15) is 25.1 Å². The van der Waals surface area contributed by atoms with Crippen molar-refractivity contribution in [3.63, 3.8) is 0 Å². The molecule has 8 nitrogen and oxygen atoms in total. The van der Waals surface area contributed by atoms with Gasteiger partial charge in [0, 0.05) is 62.5 Å². The molecular formula is C29H31N5O3. The van der Waals surface area contributed by atoms with Gasteiger partial charge in [0.25, 0.3) is 5.69 Å². The highest BCUT2D eigenvalue weighted by molar-refractivity contribution is 5.78. The average molecular weight is 498 g/mol. The second-order valence-electron chi connectivity index (χ2n) is 9.99. The Morgan fingerprint density at radius 1 is 0.973 bits per heavy atom. The number of non-ortho nitro benzene ring substituents is 1. The topological polar surface area (TPSA) is 84.0 Å². The van der Waals surface area contributed by atoms with Crippen LogP contribution in [0.15, 0.2) is 66.9 Å². The number of benzene rings is 2. The lowest BCUT2D eigenvalue weighted by Gasteiger charge is -2.35. The number of nitrogens with zero attached hydrogens (tertiary/aromatic N) is 5. The van der Waals surface area contributed by atoms with E-state index in [-0.39, 0.29) is 22.4 Å². The van der Waals surface area contributed by atoms with Gasteiger partial charge in [-0.3, -0.25) is 19.8 Å². The number of hydrogen-bond acceptors (Lipinski definition) is 5. The maximum Gasteiger partial charge on any atom is 0.270 e. The van der Waals surface area contributed by atoms with E-state index in [2.05, 4.69) is 52.8 Å². The molecule has 2 aromatic carbocycles. The van der Waals surface area contributed by atoms with Gasteiger partial charge < -0.3 is 9.30 Å². The number of hydrogen-bond donors (Lipinski definition) is 0. The molecule has 5 rings (SSSR count). The quantitative estimate of drug-likeness (QED) is 0.271. The zero-order valence-electron chi connectivity index (χ0n) is 21.4. The fourth-order valence-electron chi connectivity index (χ4n) is 4.94. The smallest absolute Gasteiger partial charge is 0.270 e. The summed E-state index contributed by atoms with van der Waals surface area (Å²) in [4.78, 5) is 32.7. The molecule has 37 heavy (non-hydrogen) atoms. The molecular weight excluding hydrogens is 466 g/mol. The van der Waals surface area contributed by atoms with Gasteiger partial charge in [-0.1, -0.05) is 55.8 Å². The lowest BCUT2D eigenvalue weighted by Crippen LogP contribution is -2.49. The molecule has 3 heterocycles. The number of carbonyl (C=O) groups is 1. The van der Waals surface area contributed by atoms with Gasteiger partial charge in [-0.2, -0.15) is 0 Å². The van der Waals surface area contributed by atoms with Gasteiger partial charge in [-0.05, 0) is 30.2 Å². The third kappa shape index (κ3) is 5.11. The first-order valence-corrected chi connectivity index (χ1v) is 12.6. The van der Waals surface area contributed by atoms with Crippen LogP contribution in [-0.2, 0) is 11.3 Å². The average Bonchev–Trinajstić information content (AvgIpc) is 3.26. The largest absolute Gasteiger partial charge is 0.340 e. The van der Waals surface area contributed by atoms with E-state index in [4.69, 9.17) is 4.98 Å². The molecule has 1 aliphatic heterocycles. The van der Waals surface area contributed by atoms with Crippen LogP contribution in [0.3, 0.4) is 0 Å². The van der Waals surface area contributed by atoms with Gasteiger partial charge in [0.05, 0.1) is 16.3 Å².